The Labute approximate surface area is 130 Å². The summed E-state index contributed by atoms with van der Waals surface area (Å²) in [6.07, 6.45) is 0.935. The van der Waals surface area contributed by atoms with Crippen LogP contribution in [0.25, 0.3) is 0 Å². The van der Waals surface area contributed by atoms with E-state index in [4.69, 9.17) is 0 Å². The van der Waals surface area contributed by atoms with Crippen molar-refractivity contribution in [1.29, 1.82) is 0 Å². The molecule has 4 nitrogen and oxygen atoms in total. The lowest BCUT2D eigenvalue weighted by Crippen LogP contribution is -2.44. The van der Waals surface area contributed by atoms with Crippen LogP contribution in [-0.2, 0) is 16.0 Å². The Bertz CT molecular complexity index is 549. The van der Waals surface area contributed by atoms with Crippen molar-refractivity contribution in [1.82, 2.24) is 10.2 Å². The van der Waals surface area contributed by atoms with E-state index in [-0.39, 0.29) is 35.5 Å². The largest absolute Gasteiger partial charge is 0.351 e. The number of amides is 2. The van der Waals surface area contributed by atoms with Crippen LogP contribution in [-0.4, -0.2) is 35.3 Å². The van der Waals surface area contributed by atoms with Gasteiger partial charge in [-0.2, -0.15) is 0 Å². The molecule has 1 fully saturated rings. The second-order valence-electron chi connectivity index (χ2n) is 6.86. The third kappa shape index (κ3) is 4.55. The van der Waals surface area contributed by atoms with Crippen molar-refractivity contribution in [2.45, 2.75) is 39.2 Å². The molecule has 1 aliphatic heterocycles. The molecule has 0 bridgehead atoms. The smallest absolute Gasteiger partial charge is 0.225 e. The molecule has 1 aromatic carbocycles. The second-order valence-corrected chi connectivity index (χ2v) is 6.86. The summed E-state index contributed by atoms with van der Waals surface area (Å²) in [7, 11) is 0. The standard InChI is InChI=1S/C17H23FN2O2/c1-17(2,3)19-16(22)13-10-15(21)20(11-13)9-8-12-4-6-14(18)7-5-12/h4-7,13H,8-11H2,1-3H3,(H,19,22)/t13-/m0/s1. The van der Waals surface area contributed by atoms with Crippen molar-refractivity contribution < 1.29 is 14.0 Å². The van der Waals surface area contributed by atoms with Crippen LogP contribution in [0.15, 0.2) is 24.3 Å². The average molecular weight is 306 g/mol. The fraction of sp³-hybridized carbons (Fsp3) is 0.529. The van der Waals surface area contributed by atoms with Crippen molar-refractivity contribution >= 4 is 11.8 Å². The minimum absolute atomic E-state index is 0.0103. The molecule has 2 amide bonds. The van der Waals surface area contributed by atoms with E-state index in [2.05, 4.69) is 5.32 Å². The maximum atomic E-state index is 12.9. The summed E-state index contributed by atoms with van der Waals surface area (Å²) in [5.41, 5.74) is 0.693. The van der Waals surface area contributed by atoms with E-state index < -0.39 is 0 Å². The quantitative estimate of drug-likeness (QED) is 0.926. The normalized spacial score (nSPS) is 18.6. The molecule has 2 rings (SSSR count). The van der Waals surface area contributed by atoms with Gasteiger partial charge in [-0.15, -0.1) is 0 Å². The van der Waals surface area contributed by atoms with Crippen LogP contribution in [0.5, 0.6) is 0 Å². The first-order valence-electron chi connectivity index (χ1n) is 7.59. The molecule has 0 unspecified atom stereocenters. The summed E-state index contributed by atoms with van der Waals surface area (Å²) in [4.78, 5) is 25.9. The van der Waals surface area contributed by atoms with Gasteiger partial charge >= 0.3 is 0 Å². The number of carbonyl (C=O) groups excluding carboxylic acids is 2. The Hall–Kier alpha value is -1.91. The third-order valence-electron chi connectivity index (χ3n) is 3.67. The molecule has 0 saturated carbocycles. The summed E-state index contributed by atoms with van der Waals surface area (Å²) in [5.74, 6) is -0.596. The van der Waals surface area contributed by atoms with Crippen LogP contribution >= 0.6 is 0 Å². The van der Waals surface area contributed by atoms with E-state index in [0.717, 1.165) is 5.56 Å². The number of likely N-dealkylation sites (tertiary alicyclic amines) is 1. The van der Waals surface area contributed by atoms with E-state index >= 15 is 0 Å². The van der Waals surface area contributed by atoms with E-state index in [1.807, 2.05) is 20.8 Å². The monoisotopic (exact) mass is 306 g/mol. The summed E-state index contributed by atoms with van der Waals surface area (Å²) < 4.78 is 12.9. The third-order valence-corrected chi connectivity index (χ3v) is 3.67. The molecule has 0 radical (unpaired) electrons. The van der Waals surface area contributed by atoms with Gasteiger partial charge in [-0.1, -0.05) is 12.1 Å². The molecule has 5 heteroatoms. The van der Waals surface area contributed by atoms with Gasteiger partial charge in [0, 0.05) is 25.0 Å². The Morgan fingerprint density at radius 3 is 2.55 bits per heavy atom. The predicted molar refractivity (Wildman–Crippen MR) is 82.7 cm³/mol. The van der Waals surface area contributed by atoms with Crippen LogP contribution in [0.2, 0.25) is 0 Å². The molecule has 0 aromatic heterocycles. The average Bonchev–Trinajstić information content (AvgIpc) is 2.78. The number of nitrogens with zero attached hydrogens (tertiary/aromatic N) is 1. The molecule has 1 saturated heterocycles. The molecule has 0 spiro atoms. The first kappa shape index (κ1) is 16.5. The van der Waals surface area contributed by atoms with Crippen molar-refractivity contribution in [3.63, 3.8) is 0 Å². The lowest BCUT2D eigenvalue weighted by molar-refractivity contribution is -0.129. The van der Waals surface area contributed by atoms with Gasteiger partial charge in [0.2, 0.25) is 11.8 Å². The molecule has 1 aliphatic rings. The molecule has 1 atom stereocenters. The number of hydrogen-bond donors (Lipinski definition) is 1. The Kier molecular flexibility index (Phi) is 4.84. The Morgan fingerprint density at radius 2 is 1.95 bits per heavy atom. The van der Waals surface area contributed by atoms with E-state index in [9.17, 15) is 14.0 Å². The fourth-order valence-corrected chi connectivity index (χ4v) is 2.55. The van der Waals surface area contributed by atoms with Crippen LogP contribution < -0.4 is 5.32 Å². The van der Waals surface area contributed by atoms with Gasteiger partial charge in [-0.25, -0.2) is 4.39 Å². The molecule has 1 aromatic rings. The van der Waals surface area contributed by atoms with Crippen molar-refractivity contribution in [2.75, 3.05) is 13.1 Å². The highest BCUT2D eigenvalue weighted by Gasteiger charge is 2.35. The topological polar surface area (TPSA) is 49.4 Å². The number of benzene rings is 1. The highest BCUT2D eigenvalue weighted by Crippen LogP contribution is 2.19. The SMILES string of the molecule is CC(C)(C)NC(=O)[C@H]1CC(=O)N(CCc2ccc(F)cc2)C1. The minimum Gasteiger partial charge on any atom is -0.351 e. The molecule has 1 N–H and O–H groups in total. The summed E-state index contributed by atoms with van der Waals surface area (Å²) >= 11 is 0. The first-order chi connectivity index (χ1) is 10.2. The maximum Gasteiger partial charge on any atom is 0.225 e. The van der Waals surface area contributed by atoms with Crippen LogP contribution in [0.1, 0.15) is 32.8 Å². The predicted octanol–water partition coefficient (Wildman–Crippen LogP) is 2.13. The minimum atomic E-state index is -0.290. The van der Waals surface area contributed by atoms with Gasteiger partial charge in [0.15, 0.2) is 0 Å². The molecule has 120 valence electrons. The van der Waals surface area contributed by atoms with Gasteiger partial charge in [-0.3, -0.25) is 9.59 Å². The number of halogens is 1. The van der Waals surface area contributed by atoms with E-state index in [1.165, 1.54) is 12.1 Å². The number of nitrogens with one attached hydrogen (secondary N) is 1. The van der Waals surface area contributed by atoms with Gasteiger partial charge in [0.1, 0.15) is 5.82 Å². The zero-order chi connectivity index (χ0) is 16.3. The first-order valence-corrected chi connectivity index (χ1v) is 7.59. The fourth-order valence-electron chi connectivity index (χ4n) is 2.55. The molecule has 0 aliphatic carbocycles. The van der Waals surface area contributed by atoms with Crippen LogP contribution in [0, 0.1) is 11.7 Å². The Balaban J connectivity index is 1.87. The Morgan fingerprint density at radius 1 is 1.32 bits per heavy atom. The molecule has 1 heterocycles. The number of rotatable bonds is 4. The van der Waals surface area contributed by atoms with Gasteiger partial charge < -0.3 is 10.2 Å². The lowest BCUT2D eigenvalue weighted by Gasteiger charge is -2.23. The zero-order valence-corrected chi connectivity index (χ0v) is 13.4. The molecular formula is C17H23FN2O2. The van der Waals surface area contributed by atoms with Crippen molar-refractivity contribution in [3.05, 3.63) is 35.6 Å². The molecular weight excluding hydrogens is 283 g/mol. The maximum absolute atomic E-state index is 12.9. The van der Waals surface area contributed by atoms with Crippen molar-refractivity contribution in [3.8, 4) is 0 Å². The summed E-state index contributed by atoms with van der Waals surface area (Å²) in [6.45, 7) is 6.79. The van der Waals surface area contributed by atoms with E-state index in [1.54, 1.807) is 17.0 Å². The van der Waals surface area contributed by atoms with Gasteiger partial charge in [0.05, 0.1) is 5.92 Å². The van der Waals surface area contributed by atoms with Gasteiger partial charge in [-0.05, 0) is 44.9 Å². The lowest BCUT2D eigenvalue weighted by atomic mass is 10.0. The number of hydrogen-bond acceptors (Lipinski definition) is 2. The summed E-state index contributed by atoms with van der Waals surface area (Å²) in [6, 6.07) is 6.28. The second kappa shape index (κ2) is 6.46. The van der Waals surface area contributed by atoms with E-state index in [0.29, 0.717) is 19.5 Å². The highest BCUT2D eigenvalue weighted by molar-refractivity contribution is 5.89. The van der Waals surface area contributed by atoms with Crippen molar-refractivity contribution in [2.24, 2.45) is 5.92 Å². The molecule has 22 heavy (non-hydrogen) atoms. The highest BCUT2D eigenvalue weighted by atomic mass is 19.1. The summed E-state index contributed by atoms with van der Waals surface area (Å²) in [5, 5.41) is 2.92. The van der Waals surface area contributed by atoms with Gasteiger partial charge in [0.25, 0.3) is 0 Å². The zero-order valence-electron chi connectivity index (χ0n) is 13.4. The van der Waals surface area contributed by atoms with Crippen LogP contribution in [0.4, 0.5) is 4.39 Å². The number of carbonyl (C=O) groups is 2. The van der Waals surface area contributed by atoms with Crippen LogP contribution in [0.3, 0.4) is 0 Å².